The predicted molar refractivity (Wildman–Crippen MR) is 109 cm³/mol. The van der Waals surface area contributed by atoms with Gasteiger partial charge in [0.1, 0.15) is 11.5 Å². The summed E-state index contributed by atoms with van der Waals surface area (Å²) < 4.78 is 6.34. The van der Waals surface area contributed by atoms with Crippen LogP contribution in [0.25, 0.3) is 0 Å². The molecule has 0 spiro atoms. The third kappa shape index (κ3) is 3.20. The molecule has 27 heavy (non-hydrogen) atoms. The fourth-order valence-corrected chi connectivity index (χ4v) is 3.73. The normalized spacial score (nSPS) is 18.4. The topological polar surface area (TPSA) is 49.8 Å². The minimum atomic E-state index is -0.966. The van der Waals surface area contributed by atoms with Gasteiger partial charge < -0.3 is 14.7 Å². The number of anilines is 1. The van der Waals surface area contributed by atoms with Gasteiger partial charge in [0.25, 0.3) is 5.91 Å². The SMILES string of the molecule is C=CCN(C(=O)C1(C)CCc2c(C)c(O)c(C)c(C)c2O1)c1ccccc1. The van der Waals surface area contributed by atoms with Gasteiger partial charge in [-0.25, -0.2) is 0 Å². The van der Waals surface area contributed by atoms with Crippen LogP contribution in [0.15, 0.2) is 43.0 Å². The van der Waals surface area contributed by atoms with E-state index >= 15 is 0 Å². The Morgan fingerprint density at radius 1 is 1.22 bits per heavy atom. The summed E-state index contributed by atoms with van der Waals surface area (Å²) in [5.41, 5.74) is 3.39. The van der Waals surface area contributed by atoms with Gasteiger partial charge in [-0.2, -0.15) is 0 Å². The monoisotopic (exact) mass is 365 g/mol. The zero-order valence-electron chi connectivity index (χ0n) is 16.5. The van der Waals surface area contributed by atoms with Crippen molar-refractivity contribution in [1.82, 2.24) is 0 Å². The first kappa shape index (κ1) is 19.0. The number of aromatic hydroxyl groups is 1. The average Bonchev–Trinajstić information content (AvgIpc) is 2.69. The number of nitrogens with zero attached hydrogens (tertiary/aromatic N) is 1. The molecule has 1 amide bonds. The zero-order chi connectivity index (χ0) is 19.8. The number of ether oxygens (including phenoxy) is 1. The van der Waals surface area contributed by atoms with E-state index in [4.69, 9.17) is 4.74 Å². The quantitative estimate of drug-likeness (QED) is 0.804. The first-order valence-corrected chi connectivity index (χ1v) is 9.28. The van der Waals surface area contributed by atoms with Crippen LogP contribution < -0.4 is 9.64 Å². The number of hydrogen-bond donors (Lipinski definition) is 1. The molecule has 142 valence electrons. The molecule has 1 aliphatic heterocycles. The Morgan fingerprint density at radius 3 is 2.52 bits per heavy atom. The molecule has 1 unspecified atom stereocenters. The third-order valence-corrected chi connectivity index (χ3v) is 5.60. The lowest BCUT2D eigenvalue weighted by molar-refractivity contribution is -0.133. The second-order valence-corrected chi connectivity index (χ2v) is 7.40. The van der Waals surface area contributed by atoms with Crippen molar-refractivity contribution in [3.8, 4) is 11.5 Å². The molecule has 0 saturated heterocycles. The maximum atomic E-state index is 13.5. The summed E-state index contributed by atoms with van der Waals surface area (Å²) in [6.07, 6.45) is 2.97. The van der Waals surface area contributed by atoms with Crippen molar-refractivity contribution in [1.29, 1.82) is 0 Å². The molecule has 4 nitrogen and oxygen atoms in total. The summed E-state index contributed by atoms with van der Waals surface area (Å²) in [4.78, 5) is 15.2. The lowest BCUT2D eigenvalue weighted by Crippen LogP contribution is -2.53. The molecule has 2 aromatic rings. The van der Waals surface area contributed by atoms with Crippen LogP contribution in [0.3, 0.4) is 0 Å². The Balaban J connectivity index is 2.00. The van der Waals surface area contributed by atoms with Gasteiger partial charge in [0.2, 0.25) is 0 Å². The minimum Gasteiger partial charge on any atom is -0.507 e. The predicted octanol–water partition coefficient (Wildman–Crippen LogP) is 4.62. The Labute approximate surface area is 161 Å². The minimum absolute atomic E-state index is 0.0815. The van der Waals surface area contributed by atoms with Gasteiger partial charge in [0, 0.05) is 24.2 Å². The number of carbonyl (C=O) groups is 1. The van der Waals surface area contributed by atoms with E-state index in [2.05, 4.69) is 6.58 Å². The Morgan fingerprint density at radius 2 is 1.89 bits per heavy atom. The highest BCUT2D eigenvalue weighted by molar-refractivity contribution is 6.00. The molecular weight excluding hydrogens is 338 g/mol. The molecule has 0 bridgehead atoms. The number of para-hydroxylation sites is 1. The molecular formula is C23H27NO3. The molecule has 2 aromatic carbocycles. The number of rotatable bonds is 4. The maximum absolute atomic E-state index is 13.5. The lowest BCUT2D eigenvalue weighted by atomic mass is 9.86. The van der Waals surface area contributed by atoms with Crippen LogP contribution >= 0.6 is 0 Å². The first-order valence-electron chi connectivity index (χ1n) is 9.28. The average molecular weight is 365 g/mol. The molecule has 0 aliphatic carbocycles. The van der Waals surface area contributed by atoms with Crippen molar-refractivity contribution in [2.75, 3.05) is 11.4 Å². The second-order valence-electron chi connectivity index (χ2n) is 7.40. The van der Waals surface area contributed by atoms with Crippen LogP contribution in [0, 0.1) is 20.8 Å². The fourth-order valence-electron chi connectivity index (χ4n) is 3.73. The van der Waals surface area contributed by atoms with E-state index in [1.807, 2.05) is 58.0 Å². The number of amides is 1. The summed E-state index contributed by atoms with van der Waals surface area (Å²) in [5, 5.41) is 10.3. The number of phenolic OH excluding ortho intramolecular Hbond substituents is 1. The molecule has 0 fully saturated rings. The van der Waals surface area contributed by atoms with Gasteiger partial charge in [-0.1, -0.05) is 24.3 Å². The maximum Gasteiger partial charge on any atom is 0.271 e. The van der Waals surface area contributed by atoms with Crippen molar-refractivity contribution in [3.05, 3.63) is 65.2 Å². The summed E-state index contributed by atoms with van der Waals surface area (Å²) in [7, 11) is 0. The van der Waals surface area contributed by atoms with Crippen molar-refractivity contribution in [2.45, 2.75) is 46.1 Å². The number of carbonyl (C=O) groups excluding carboxylic acids is 1. The fraction of sp³-hybridized carbons (Fsp3) is 0.348. The third-order valence-electron chi connectivity index (χ3n) is 5.60. The van der Waals surface area contributed by atoms with Gasteiger partial charge in [0.15, 0.2) is 5.60 Å². The molecule has 4 heteroatoms. The number of benzene rings is 2. The highest BCUT2D eigenvalue weighted by Crippen LogP contribution is 2.43. The summed E-state index contributed by atoms with van der Waals surface area (Å²) >= 11 is 0. The van der Waals surface area contributed by atoms with Gasteiger partial charge in [0.05, 0.1) is 0 Å². The Hall–Kier alpha value is -2.75. The molecule has 1 N–H and O–H groups in total. The second kappa shape index (κ2) is 7.10. The molecule has 0 saturated carbocycles. The van der Waals surface area contributed by atoms with Crippen molar-refractivity contribution < 1.29 is 14.6 Å². The molecule has 0 aromatic heterocycles. The summed E-state index contributed by atoms with van der Waals surface area (Å²) in [6.45, 7) is 11.8. The largest absolute Gasteiger partial charge is 0.507 e. The van der Waals surface area contributed by atoms with Crippen molar-refractivity contribution in [3.63, 3.8) is 0 Å². The molecule has 3 rings (SSSR count). The summed E-state index contributed by atoms with van der Waals surface area (Å²) in [5.74, 6) is 0.973. The highest BCUT2D eigenvalue weighted by Gasteiger charge is 2.43. The van der Waals surface area contributed by atoms with E-state index in [1.165, 1.54) is 0 Å². The van der Waals surface area contributed by atoms with Gasteiger partial charge in [-0.15, -0.1) is 6.58 Å². The molecule has 1 heterocycles. The Kier molecular flexibility index (Phi) is 5.01. The zero-order valence-corrected chi connectivity index (χ0v) is 16.5. The van der Waals surface area contributed by atoms with Gasteiger partial charge in [-0.05, 0) is 62.9 Å². The van der Waals surface area contributed by atoms with E-state index in [0.29, 0.717) is 25.1 Å². The van der Waals surface area contributed by atoms with Gasteiger partial charge >= 0.3 is 0 Å². The van der Waals surface area contributed by atoms with Crippen LogP contribution in [0.1, 0.15) is 35.6 Å². The lowest BCUT2D eigenvalue weighted by Gasteiger charge is -2.39. The number of phenols is 1. The Bertz CT molecular complexity index is 888. The van der Waals surface area contributed by atoms with Crippen LogP contribution in [-0.4, -0.2) is 23.2 Å². The van der Waals surface area contributed by atoms with Crippen LogP contribution in [0.5, 0.6) is 11.5 Å². The molecule has 1 aliphatic rings. The smallest absolute Gasteiger partial charge is 0.271 e. The van der Waals surface area contributed by atoms with Crippen LogP contribution in [-0.2, 0) is 11.2 Å². The first-order chi connectivity index (χ1) is 12.8. The standard InChI is InChI=1S/C23H27NO3/c1-6-14-24(18-10-8-7-9-11-18)22(26)23(5)13-12-19-17(4)20(25)15(2)16(3)21(19)27-23/h6-11,25H,1,12-14H2,2-5H3. The number of fused-ring (bicyclic) bond motifs is 1. The van der Waals surface area contributed by atoms with E-state index in [-0.39, 0.29) is 5.91 Å². The van der Waals surface area contributed by atoms with Crippen LogP contribution in [0.2, 0.25) is 0 Å². The summed E-state index contributed by atoms with van der Waals surface area (Å²) in [6, 6.07) is 9.59. The van der Waals surface area contributed by atoms with E-state index in [1.54, 1.807) is 11.0 Å². The van der Waals surface area contributed by atoms with E-state index in [0.717, 1.165) is 33.7 Å². The van der Waals surface area contributed by atoms with Crippen LogP contribution in [0.4, 0.5) is 5.69 Å². The molecule has 1 atom stereocenters. The van der Waals surface area contributed by atoms with Crippen molar-refractivity contribution in [2.24, 2.45) is 0 Å². The van der Waals surface area contributed by atoms with Crippen molar-refractivity contribution >= 4 is 11.6 Å². The van der Waals surface area contributed by atoms with E-state index < -0.39 is 5.60 Å². The number of hydrogen-bond acceptors (Lipinski definition) is 3. The van der Waals surface area contributed by atoms with Gasteiger partial charge in [-0.3, -0.25) is 4.79 Å². The molecule has 0 radical (unpaired) electrons. The highest BCUT2D eigenvalue weighted by atomic mass is 16.5. The van der Waals surface area contributed by atoms with E-state index in [9.17, 15) is 9.90 Å².